The molecule has 3 atom stereocenters. The number of benzene rings is 1. The van der Waals surface area contributed by atoms with E-state index in [1.165, 1.54) is 6.42 Å². The van der Waals surface area contributed by atoms with Crippen molar-refractivity contribution in [3.8, 4) is 0 Å². The zero-order valence-electron chi connectivity index (χ0n) is 16.4. The highest BCUT2D eigenvalue weighted by atomic mass is 32.2. The maximum atomic E-state index is 12.6. The van der Waals surface area contributed by atoms with Gasteiger partial charge in [-0.25, -0.2) is 8.42 Å². The molecule has 0 unspecified atom stereocenters. The van der Waals surface area contributed by atoms with Crippen LogP contribution in [0.1, 0.15) is 43.7 Å². The number of carbonyl (C=O) groups excluding carboxylic acids is 2. The van der Waals surface area contributed by atoms with Crippen LogP contribution in [-0.4, -0.2) is 49.5 Å². The zero-order chi connectivity index (χ0) is 20.3. The molecule has 1 saturated carbocycles. The number of hydrogen-bond acceptors (Lipinski definition) is 5. The first kappa shape index (κ1) is 20.8. The Balaban J connectivity index is 1.62. The molecular weight excluding hydrogens is 380 g/mol. The number of sulfonamides is 1. The summed E-state index contributed by atoms with van der Waals surface area (Å²) in [5.74, 6) is -0.620. The predicted octanol–water partition coefficient (Wildman–Crippen LogP) is 1.61. The summed E-state index contributed by atoms with van der Waals surface area (Å²) in [7, 11) is -3.60. The van der Waals surface area contributed by atoms with Gasteiger partial charge >= 0.3 is 5.97 Å². The summed E-state index contributed by atoms with van der Waals surface area (Å²) in [5.41, 5.74) is 1.80. The van der Waals surface area contributed by atoms with Crippen LogP contribution < -0.4 is 5.32 Å². The van der Waals surface area contributed by atoms with Crippen LogP contribution in [0.2, 0.25) is 0 Å². The van der Waals surface area contributed by atoms with Crippen LogP contribution in [0.4, 0.5) is 0 Å². The van der Waals surface area contributed by atoms with Gasteiger partial charge in [-0.3, -0.25) is 9.59 Å². The Labute approximate surface area is 166 Å². The van der Waals surface area contributed by atoms with E-state index in [1.807, 2.05) is 24.3 Å². The lowest BCUT2D eigenvalue weighted by molar-refractivity contribution is -0.153. The van der Waals surface area contributed by atoms with Gasteiger partial charge in [-0.1, -0.05) is 44.0 Å². The second kappa shape index (κ2) is 8.61. The molecule has 1 heterocycles. The van der Waals surface area contributed by atoms with Crippen LogP contribution in [0.15, 0.2) is 24.3 Å². The number of hydrogen-bond donors (Lipinski definition) is 1. The molecule has 8 heteroatoms. The molecule has 1 amide bonds. The Hall–Kier alpha value is -1.93. The van der Waals surface area contributed by atoms with E-state index in [9.17, 15) is 18.0 Å². The molecule has 1 aliphatic heterocycles. The Morgan fingerprint density at radius 2 is 1.86 bits per heavy atom. The molecular formula is C20H28N2O5S. The SMILES string of the molecule is C[C@@H]1CCCC[C@@H]1NC(=O)COC(=O)[C@@H]1Cc2ccccc2CN1S(C)(=O)=O. The van der Waals surface area contributed by atoms with E-state index in [0.29, 0.717) is 5.92 Å². The highest BCUT2D eigenvalue weighted by molar-refractivity contribution is 7.88. The first-order valence-electron chi connectivity index (χ1n) is 9.75. The summed E-state index contributed by atoms with van der Waals surface area (Å²) in [6.45, 7) is 1.85. The largest absolute Gasteiger partial charge is 0.454 e. The second-order valence-corrected chi connectivity index (χ2v) is 9.78. The lowest BCUT2D eigenvalue weighted by Gasteiger charge is -2.33. The molecule has 2 aliphatic rings. The molecule has 0 aromatic heterocycles. The smallest absolute Gasteiger partial charge is 0.325 e. The van der Waals surface area contributed by atoms with Crippen molar-refractivity contribution in [3.05, 3.63) is 35.4 Å². The Morgan fingerprint density at radius 1 is 1.18 bits per heavy atom. The molecule has 28 heavy (non-hydrogen) atoms. The minimum atomic E-state index is -3.60. The van der Waals surface area contributed by atoms with E-state index in [-0.39, 0.29) is 24.9 Å². The summed E-state index contributed by atoms with van der Waals surface area (Å²) in [4.78, 5) is 24.8. The third-order valence-corrected chi connectivity index (χ3v) is 6.94. The van der Waals surface area contributed by atoms with Crippen molar-refractivity contribution in [2.45, 2.75) is 57.7 Å². The van der Waals surface area contributed by atoms with Gasteiger partial charge in [0.1, 0.15) is 6.04 Å². The molecule has 0 bridgehead atoms. The van der Waals surface area contributed by atoms with Crippen molar-refractivity contribution in [2.75, 3.05) is 12.9 Å². The molecule has 1 aromatic carbocycles. The van der Waals surface area contributed by atoms with Crippen molar-refractivity contribution in [1.82, 2.24) is 9.62 Å². The van der Waals surface area contributed by atoms with Gasteiger partial charge < -0.3 is 10.1 Å². The number of nitrogens with zero attached hydrogens (tertiary/aromatic N) is 1. The van der Waals surface area contributed by atoms with E-state index in [0.717, 1.165) is 41.0 Å². The van der Waals surface area contributed by atoms with Gasteiger partial charge in [0.25, 0.3) is 5.91 Å². The third-order valence-electron chi connectivity index (χ3n) is 5.71. The van der Waals surface area contributed by atoms with Gasteiger partial charge in [0, 0.05) is 19.0 Å². The quantitative estimate of drug-likeness (QED) is 0.747. The van der Waals surface area contributed by atoms with E-state index in [4.69, 9.17) is 4.74 Å². The molecule has 7 nitrogen and oxygen atoms in total. The van der Waals surface area contributed by atoms with Crippen LogP contribution in [-0.2, 0) is 37.3 Å². The molecule has 0 radical (unpaired) electrons. The highest BCUT2D eigenvalue weighted by Crippen LogP contribution is 2.26. The molecule has 0 saturated heterocycles. The molecule has 1 N–H and O–H groups in total. The molecule has 1 fully saturated rings. The molecule has 0 spiro atoms. The first-order valence-corrected chi connectivity index (χ1v) is 11.6. The van der Waals surface area contributed by atoms with Crippen LogP contribution in [0, 0.1) is 5.92 Å². The molecule has 154 valence electrons. The summed E-state index contributed by atoms with van der Waals surface area (Å²) in [6, 6.07) is 6.59. The number of rotatable bonds is 5. The van der Waals surface area contributed by atoms with Crippen molar-refractivity contribution in [3.63, 3.8) is 0 Å². The van der Waals surface area contributed by atoms with Gasteiger partial charge in [-0.2, -0.15) is 4.31 Å². The molecule has 1 aliphatic carbocycles. The fourth-order valence-corrected chi connectivity index (χ4v) is 5.06. The van der Waals surface area contributed by atoms with Gasteiger partial charge in [0.2, 0.25) is 10.0 Å². The number of nitrogens with one attached hydrogen (secondary N) is 1. The highest BCUT2D eigenvalue weighted by Gasteiger charge is 2.38. The van der Waals surface area contributed by atoms with E-state index in [1.54, 1.807) is 0 Å². The number of fused-ring (bicyclic) bond motifs is 1. The first-order chi connectivity index (χ1) is 13.3. The minimum Gasteiger partial charge on any atom is -0.454 e. The maximum Gasteiger partial charge on any atom is 0.325 e. The van der Waals surface area contributed by atoms with Gasteiger partial charge in [0.15, 0.2) is 6.61 Å². The van der Waals surface area contributed by atoms with Crippen molar-refractivity contribution >= 4 is 21.9 Å². The fourth-order valence-electron chi connectivity index (χ4n) is 4.06. The predicted molar refractivity (Wildman–Crippen MR) is 105 cm³/mol. The molecule has 1 aromatic rings. The lowest BCUT2D eigenvalue weighted by Crippen LogP contribution is -2.49. The molecule has 3 rings (SSSR count). The monoisotopic (exact) mass is 408 g/mol. The van der Waals surface area contributed by atoms with E-state index >= 15 is 0 Å². The van der Waals surface area contributed by atoms with Crippen molar-refractivity contribution in [1.29, 1.82) is 0 Å². The summed E-state index contributed by atoms with van der Waals surface area (Å²) in [5, 5.41) is 2.94. The average Bonchev–Trinajstić information content (AvgIpc) is 2.66. The number of carbonyl (C=O) groups is 2. The average molecular weight is 409 g/mol. The van der Waals surface area contributed by atoms with E-state index < -0.39 is 28.6 Å². The lowest BCUT2D eigenvalue weighted by atomic mass is 9.86. The topological polar surface area (TPSA) is 92.8 Å². The van der Waals surface area contributed by atoms with Crippen LogP contribution in [0.3, 0.4) is 0 Å². The minimum absolute atomic E-state index is 0.106. The Morgan fingerprint density at radius 3 is 2.54 bits per heavy atom. The standard InChI is InChI=1S/C20H28N2O5S/c1-14-7-3-6-10-17(14)21-19(23)13-27-20(24)18-11-15-8-4-5-9-16(15)12-22(18)28(2,25)26/h4-5,8-9,14,17-18H,3,6-7,10-13H2,1-2H3,(H,21,23)/t14-,17+,18+/m1/s1. The number of esters is 1. The van der Waals surface area contributed by atoms with Crippen molar-refractivity contribution < 1.29 is 22.7 Å². The van der Waals surface area contributed by atoms with E-state index in [2.05, 4.69) is 12.2 Å². The number of ether oxygens (including phenoxy) is 1. The number of amides is 1. The normalized spacial score (nSPS) is 25.6. The Kier molecular flexibility index (Phi) is 6.40. The van der Waals surface area contributed by atoms with Gasteiger partial charge in [-0.15, -0.1) is 0 Å². The second-order valence-electron chi connectivity index (χ2n) is 7.84. The van der Waals surface area contributed by atoms with Gasteiger partial charge in [-0.05, 0) is 29.9 Å². The maximum absolute atomic E-state index is 12.6. The Bertz CT molecular complexity index is 839. The van der Waals surface area contributed by atoms with Crippen LogP contribution in [0.25, 0.3) is 0 Å². The van der Waals surface area contributed by atoms with Crippen LogP contribution >= 0.6 is 0 Å². The summed E-state index contributed by atoms with van der Waals surface area (Å²) < 4.78 is 30.7. The zero-order valence-corrected chi connectivity index (χ0v) is 17.2. The van der Waals surface area contributed by atoms with Crippen LogP contribution in [0.5, 0.6) is 0 Å². The third kappa shape index (κ3) is 4.91. The fraction of sp³-hybridized carbons (Fsp3) is 0.600. The van der Waals surface area contributed by atoms with Gasteiger partial charge in [0.05, 0.1) is 6.26 Å². The summed E-state index contributed by atoms with van der Waals surface area (Å²) >= 11 is 0. The van der Waals surface area contributed by atoms with Crippen molar-refractivity contribution in [2.24, 2.45) is 5.92 Å². The summed E-state index contributed by atoms with van der Waals surface area (Å²) in [6.07, 6.45) is 5.59.